The number of anilines is 2. The van der Waals surface area contributed by atoms with Crippen molar-refractivity contribution in [2.45, 2.75) is 18.9 Å². The van der Waals surface area contributed by atoms with Gasteiger partial charge in [0.1, 0.15) is 24.1 Å². The van der Waals surface area contributed by atoms with Gasteiger partial charge in [-0.05, 0) is 19.9 Å². The molecule has 1 amide bonds. The fraction of sp³-hybridized carbons (Fsp3) is 0.643. The molecule has 3 heterocycles. The molecule has 2 fully saturated rings. The number of hydrogen-bond acceptors (Lipinski definition) is 6. The van der Waals surface area contributed by atoms with Crippen LogP contribution in [0.2, 0.25) is 0 Å². The van der Waals surface area contributed by atoms with Crippen LogP contribution >= 0.6 is 0 Å². The average molecular weight is 291 g/mol. The quantitative estimate of drug-likeness (QED) is 0.866. The maximum atomic E-state index is 12.0. The van der Waals surface area contributed by atoms with Gasteiger partial charge >= 0.3 is 0 Å². The van der Waals surface area contributed by atoms with E-state index in [1.165, 1.54) is 6.33 Å². The van der Waals surface area contributed by atoms with E-state index < -0.39 is 0 Å². The highest BCUT2D eigenvalue weighted by molar-refractivity contribution is 5.93. The monoisotopic (exact) mass is 291 g/mol. The molecule has 2 saturated heterocycles. The van der Waals surface area contributed by atoms with Crippen molar-refractivity contribution in [3.8, 4) is 0 Å². The summed E-state index contributed by atoms with van der Waals surface area (Å²) in [6.45, 7) is 4.57. The van der Waals surface area contributed by atoms with Crippen LogP contribution in [0.4, 0.5) is 11.6 Å². The summed E-state index contributed by atoms with van der Waals surface area (Å²) < 4.78 is 5.37. The summed E-state index contributed by atoms with van der Waals surface area (Å²) in [6, 6.07) is 1.83. The number of ether oxygens (including phenoxy) is 1. The molecule has 0 bridgehead atoms. The van der Waals surface area contributed by atoms with E-state index in [9.17, 15) is 4.79 Å². The first-order valence-corrected chi connectivity index (χ1v) is 7.40. The van der Waals surface area contributed by atoms with Crippen molar-refractivity contribution in [3.63, 3.8) is 0 Å². The molecule has 0 spiro atoms. The molecule has 0 aliphatic carbocycles. The molecule has 1 atom stereocenters. The molecule has 114 valence electrons. The fourth-order valence-electron chi connectivity index (χ4n) is 2.62. The Balaban J connectivity index is 1.64. The second-order valence-corrected chi connectivity index (χ2v) is 5.54. The third-order valence-corrected chi connectivity index (χ3v) is 3.95. The van der Waals surface area contributed by atoms with Crippen molar-refractivity contribution in [3.05, 3.63) is 12.4 Å². The van der Waals surface area contributed by atoms with Gasteiger partial charge in [0.15, 0.2) is 0 Å². The summed E-state index contributed by atoms with van der Waals surface area (Å²) in [5.41, 5.74) is 0. The zero-order valence-corrected chi connectivity index (χ0v) is 12.3. The first kappa shape index (κ1) is 14.2. The maximum absolute atomic E-state index is 12.0. The lowest BCUT2D eigenvalue weighted by atomic mass is 10.2. The van der Waals surface area contributed by atoms with Crippen molar-refractivity contribution >= 4 is 17.5 Å². The van der Waals surface area contributed by atoms with Crippen LogP contribution in [-0.2, 0) is 9.53 Å². The molecule has 3 rings (SSSR count). The topological polar surface area (TPSA) is 70.6 Å². The summed E-state index contributed by atoms with van der Waals surface area (Å²) in [5, 5.41) is 2.82. The lowest BCUT2D eigenvalue weighted by Crippen LogP contribution is -2.44. The Labute approximate surface area is 124 Å². The van der Waals surface area contributed by atoms with Crippen molar-refractivity contribution in [1.29, 1.82) is 0 Å². The maximum Gasteiger partial charge on any atom is 0.254 e. The highest BCUT2D eigenvalue weighted by Gasteiger charge is 2.24. The SMILES string of the molecule is CN1CCN(c2cc(NC(=O)C3CCCO3)ncn2)CC1. The van der Waals surface area contributed by atoms with E-state index in [4.69, 9.17) is 4.74 Å². The van der Waals surface area contributed by atoms with Crippen molar-refractivity contribution < 1.29 is 9.53 Å². The minimum absolute atomic E-state index is 0.115. The Morgan fingerprint density at radius 1 is 1.33 bits per heavy atom. The second-order valence-electron chi connectivity index (χ2n) is 5.54. The Hall–Kier alpha value is -1.73. The van der Waals surface area contributed by atoms with E-state index in [2.05, 4.69) is 32.1 Å². The largest absolute Gasteiger partial charge is 0.368 e. The van der Waals surface area contributed by atoms with Gasteiger partial charge in [-0.1, -0.05) is 0 Å². The van der Waals surface area contributed by atoms with E-state index in [0.717, 1.165) is 44.8 Å². The summed E-state index contributed by atoms with van der Waals surface area (Å²) in [4.78, 5) is 25.0. The second kappa shape index (κ2) is 6.36. The summed E-state index contributed by atoms with van der Waals surface area (Å²) >= 11 is 0. The molecule has 2 aliphatic heterocycles. The number of carbonyl (C=O) groups is 1. The molecule has 2 aliphatic rings. The Morgan fingerprint density at radius 2 is 2.14 bits per heavy atom. The van der Waals surface area contributed by atoms with Gasteiger partial charge in [0.25, 0.3) is 5.91 Å². The van der Waals surface area contributed by atoms with Crippen LogP contribution in [-0.4, -0.2) is 66.7 Å². The molecule has 0 radical (unpaired) electrons. The fourth-order valence-corrected chi connectivity index (χ4v) is 2.62. The molecule has 0 aromatic carbocycles. The van der Waals surface area contributed by atoms with Crippen molar-refractivity contribution in [1.82, 2.24) is 14.9 Å². The van der Waals surface area contributed by atoms with Crippen LogP contribution in [0.15, 0.2) is 12.4 Å². The molecule has 7 nitrogen and oxygen atoms in total. The number of hydrogen-bond donors (Lipinski definition) is 1. The van der Waals surface area contributed by atoms with Crippen molar-refractivity contribution in [2.24, 2.45) is 0 Å². The lowest BCUT2D eigenvalue weighted by Gasteiger charge is -2.33. The Bertz CT molecular complexity index is 496. The molecule has 7 heteroatoms. The van der Waals surface area contributed by atoms with Gasteiger partial charge in [0.2, 0.25) is 0 Å². The molecule has 1 aromatic heterocycles. The number of rotatable bonds is 3. The van der Waals surface area contributed by atoms with Crippen LogP contribution < -0.4 is 10.2 Å². The van der Waals surface area contributed by atoms with E-state index in [1.807, 2.05) is 6.07 Å². The molecule has 1 N–H and O–H groups in total. The van der Waals surface area contributed by atoms with Gasteiger partial charge in [0.05, 0.1) is 0 Å². The molecule has 0 saturated carbocycles. The highest BCUT2D eigenvalue weighted by Crippen LogP contribution is 2.18. The lowest BCUT2D eigenvalue weighted by molar-refractivity contribution is -0.124. The van der Waals surface area contributed by atoms with Crippen molar-refractivity contribution in [2.75, 3.05) is 50.1 Å². The van der Waals surface area contributed by atoms with E-state index in [1.54, 1.807) is 0 Å². The molecule has 1 unspecified atom stereocenters. The predicted molar refractivity (Wildman–Crippen MR) is 79.3 cm³/mol. The molecule has 1 aromatic rings. The minimum Gasteiger partial charge on any atom is -0.368 e. The zero-order chi connectivity index (χ0) is 14.7. The third-order valence-electron chi connectivity index (χ3n) is 3.95. The smallest absolute Gasteiger partial charge is 0.254 e. The number of piperazine rings is 1. The molecular formula is C14H21N5O2. The van der Waals surface area contributed by atoms with E-state index >= 15 is 0 Å². The van der Waals surface area contributed by atoms with Gasteiger partial charge in [-0.3, -0.25) is 4.79 Å². The number of carbonyl (C=O) groups excluding carboxylic acids is 1. The van der Waals surface area contributed by atoms with Crippen LogP contribution in [0, 0.1) is 0 Å². The molecule has 21 heavy (non-hydrogen) atoms. The number of nitrogens with one attached hydrogen (secondary N) is 1. The minimum atomic E-state index is -0.341. The number of nitrogens with zero attached hydrogens (tertiary/aromatic N) is 4. The van der Waals surface area contributed by atoms with Crippen LogP contribution in [0.1, 0.15) is 12.8 Å². The third kappa shape index (κ3) is 3.48. The van der Waals surface area contributed by atoms with Gasteiger partial charge in [-0.25, -0.2) is 9.97 Å². The van der Waals surface area contributed by atoms with E-state index in [-0.39, 0.29) is 12.0 Å². The van der Waals surface area contributed by atoms with E-state index in [0.29, 0.717) is 12.4 Å². The van der Waals surface area contributed by atoms with Gasteiger partial charge in [0, 0.05) is 38.9 Å². The zero-order valence-electron chi connectivity index (χ0n) is 12.3. The van der Waals surface area contributed by atoms with Crippen LogP contribution in [0.3, 0.4) is 0 Å². The summed E-state index contributed by atoms with van der Waals surface area (Å²) in [6.07, 6.45) is 2.88. The standard InChI is InChI=1S/C14H21N5O2/c1-18-4-6-19(7-5-18)13-9-12(15-10-16-13)17-14(20)11-3-2-8-21-11/h9-11H,2-8H2,1H3,(H,15,16,17,20). The normalized spacial score (nSPS) is 23.3. The number of likely N-dealkylation sites (N-methyl/N-ethyl adjacent to an activating group) is 1. The number of aromatic nitrogens is 2. The summed E-state index contributed by atoms with van der Waals surface area (Å²) in [5.74, 6) is 1.29. The molecular weight excluding hydrogens is 270 g/mol. The average Bonchev–Trinajstić information content (AvgIpc) is 3.02. The number of amides is 1. The van der Waals surface area contributed by atoms with Gasteiger partial charge < -0.3 is 19.9 Å². The first-order valence-electron chi connectivity index (χ1n) is 7.40. The predicted octanol–water partition coefficient (Wildman–Crippen LogP) is 0.346. The highest BCUT2D eigenvalue weighted by atomic mass is 16.5. The first-order chi connectivity index (χ1) is 10.2. The van der Waals surface area contributed by atoms with Gasteiger partial charge in [-0.15, -0.1) is 0 Å². The Morgan fingerprint density at radius 3 is 2.86 bits per heavy atom. The van der Waals surface area contributed by atoms with Crippen LogP contribution in [0.5, 0.6) is 0 Å². The van der Waals surface area contributed by atoms with Crippen LogP contribution in [0.25, 0.3) is 0 Å². The summed E-state index contributed by atoms with van der Waals surface area (Å²) in [7, 11) is 2.12. The Kier molecular flexibility index (Phi) is 4.31. The van der Waals surface area contributed by atoms with Gasteiger partial charge in [-0.2, -0.15) is 0 Å².